The fourth-order valence-corrected chi connectivity index (χ4v) is 1.86. The predicted molar refractivity (Wildman–Crippen MR) is 82.0 cm³/mol. The van der Waals surface area contributed by atoms with Crippen LogP contribution >= 0.6 is 0 Å². The molecule has 4 atom stereocenters. The molecule has 20 heavy (non-hydrogen) atoms. The average molecular weight is 290 g/mol. The average Bonchev–Trinajstić information content (AvgIpc) is 2.40. The molecular weight excluding hydrogens is 256 g/mol. The molecule has 0 heterocycles. The van der Waals surface area contributed by atoms with Gasteiger partial charge in [-0.3, -0.25) is 0 Å². The number of ether oxygens (including phenoxy) is 3. The lowest BCUT2D eigenvalue weighted by Crippen LogP contribution is -2.38. The highest BCUT2D eigenvalue weighted by atomic mass is 16.6. The van der Waals surface area contributed by atoms with Crippen LogP contribution in [-0.4, -0.2) is 48.8 Å². The lowest BCUT2D eigenvalue weighted by atomic mass is 9.90. The molecule has 0 aliphatic heterocycles. The van der Waals surface area contributed by atoms with E-state index < -0.39 is 0 Å². The molecule has 0 fully saturated rings. The third-order valence-electron chi connectivity index (χ3n) is 3.79. The van der Waals surface area contributed by atoms with Gasteiger partial charge in [0.1, 0.15) is 0 Å². The molecule has 4 unspecified atom stereocenters. The van der Waals surface area contributed by atoms with Crippen molar-refractivity contribution in [3.05, 3.63) is 0 Å². The van der Waals surface area contributed by atoms with E-state index in [0.29, 0.717) is 19.1 Å². The van der Waals surface area contributed by atoms with Gasteiger partial charge in [-0.2, -0.15) is 0 Å². The van der Waals surface area contributed by atoms with Crippen LogP contribution in [0.5, 0.6) is 0 Å². The van der Waals surface area contributed by atoms with E-state index in [1.165, 1.54) is 0 Å². The molecular formula is C16H34O4. The highest BCUT2D eigenvalue weighted by Gasteiger charge is 2.27. The molecule has 0 rings (SSSR count). The van der Waals surface area contributed by atoms with E-state index in [1.807, 2.05) is 20.8 Å². The Bertz CT molecular complexity index is 243. The molecule has 0 aliphatic carbocycles. The molecule has 0 spiro atoms. The van der Waals surface area contributed by atoms with Gasteiger partial charge < -0.3 is 19.3 Å². The lowest BCUT2D eigenvalue weighted by molar-refractivity contribution is -0.133. The molecule has 0 saturated carbocycles. The number of aliphatic hydroxyl groups excluding tert-OH is 1. The van der Waals surface area contributed by atoms with Crippen molar-refractivity contribution < 1.29 is 19.3 Å². The Morgan fingerprint density at radius 3 is 1.90 bits per heavy atom. The topological polar surface area (TPSA) is 47.9 Å². The zero-order chi connectivity index (χ0) is 15.8. The van der Waals surface area contributed by atoms with Crippen molar-refractivity contribution in [2.75, 3.05) is 19.8 Å². The molecule has 0 amide bonds. The van der Waals surface area contributed by atoms with Gasteiger partial charge in [0.05, 0.1) is 43.7 Å². The summed E-state index contributed by atoms with van der Waals surface area (Å²) in [5.74, 6) is 0.510. The third kappa shape index (κ3) is 8.20. The van der Waals surface area contributed by atoms with Crippen LogP contribution in [-0.2, 0) is 14.2 Å². The maximum atomic E-state index is 8.88. The van der Waals surface area contributed by atoms with Crippen LogP contribution in [0.1, 0.15) is 54.9 Å². The molecule has 0 aliphatic rings. The van der Waals surface area contributed by atoms with Gasteiger partial charge in [0.15, 0.2) is 0 Å². The monoisotopic (exact) mass is 290 g/mol. The van der Waals surface area contributed by atoms with Crippen molar-refractivity contribution in [1.82, 2.24) is 0 Å². The van der Waals surface area contributed by atoms with Gasteiger partial charge in [-0.15, -0.1) is 0 Å². The van der Waals surface area contributed by atoms with Gasteiger partial charge in [-0.05, 0) is 40.5 Å². The molecule has 4 heteroatoms. The first-order valence-corrected chi connectivity index (χ1v) is 7.74. The first kappa shape index (κ1) is 19.8. The lowest BCUT2D eigenvalue weighted by Gasteiger charge is -2.34. The Morgan fingerprint density at radius 2 is 1.40 bits per heavy atom. The zero-order valence-corrected chi connectivity index (χ0v) is 14.3. The van der Waals surface area contributed by atoms with E-state index in [9.17, 15) is 0 Å². The number of aliphatic hydroxyl groups is 1. The maximum absolute atomic E-state index is 8.88. The fraction of sp³-hybridized carbons (Fsp3) is 1.00. The second-order valence-corrected chi connectivity index (χ2v) is 6.31. The van der Waals surface area contributed by atoms with E-state index >= 15 is 0 Å². The Hall–Kier alpha value is -0.160. The second-order valence-electron chi connectivity index (χ2n) is 6.31. The summed E-state index contributed by atoms with van der Waals surface area (Å²) in [6.45, 7) is 15.6. The Balaban J connectivity index is 3.95. The Kier molecular flexibility index (Phi) is 9.64. The van der Waals surface area contributed by atoms with Crippen LogP contribution in [0, 0.1) is 5.92 Å². The number of hydrogen-bond donors (Lipinski definition) is 1. The molecule has 4 nitrogen and oxygen atoms in total. The molecule has 0 radical (unpaired) electrons. The summed E-state index contributed by atoms with van der Waals surface area (Å²) in [5, 5.41) is 8.88. The van der Waals surface area contributed by atoms with Gasteiger partial charge in [-0.1, -0.05) is 20.3 Å². The normalized spacial score (nSPS) is 18.6. The van der Waals surface area contributed by atoms with Crippen molar-refractivity contribution in [2.45, 2.75) is 78.8 Å². The second kappa shape index (κ2) is 9.72. The van der Waals surface area contributed by atoms with E-state index in [2.05, 4.69) is 27.7 Å². The quantitative estimate of drug-likeness (QED) is 0.635. The van der Waals surface area contributed by atoms with Crippen molar-refractivity contribution in [2.24, 2.45) is 5.92 Å². The van der Waals surface area contributed by atoms with Gasteiger partial charge in [0.25, 0.3) is 0 Å². The SMILES string of the molecule is CCC(C)C(C)(C)OC(C)COC(C)COC(C)CO. The summed E-state index contributed by atoms with van der Waals surface area (Å²) in [5.41, 5.74) is -0.136. The van der Waals surface area contributed by atoms with E-state index in [0.717, 1.165) is 6.42 Å². The highest BCUT2D eigenvalue weighted by molar-refractivity contribution is 4.76. The van der Waals surface area contributed by atoms with Crippen LogP contribution in [0.2, 0.25) is 0 Å². The van der Waals surface area contributed by atoms with E-state index in [-0.39, 0.29) is 30.5 Å². The van der Waals surface area contributed by atoms with Crippen molar-refractivity contribution >= 4 is 0 Å². The smallest absolute Gasteiger partial charge is 0.0788 e. The van der Waals surface area contributed by atoms with Crippen LogP contribution in [0.3, 0.4) is 0 Å². The van der Waals surface area contributed by atoms with Crippen LogP contribution in [0.15, 0.2) is 0 Å². The summed E-state index contributed by atoms with van der Waals surface area (Å²) in [6, 6.07) is 0. The van der Waals surface area contributed by atoms with Crippen molar-refractivity contribution in [3.63, 3.8) is 0 Å². The molecule has 0 bridgehead atoms. The fourth-order valence-electron chi connectivity index (χ4n) is 1.86. The van der Waals surface area contributed by atoms with Crippen LogP contribution in [0.25, 0.3) is 0 Å². The predicted octanol–water partition coefficient (Wildman–Crippen LogP) is 3.02. The Labute approximate surface area is 124 Å². The summed E-state index contributed by atoms with van der Waals surface area (Å²) in [6.07, 6.45) is 1.02. The first-order chi connectivity index (χ1) is 9.22. The van der Waals surface area contributed by atoms with Gasteiger partial charge in [0, 0.05) is 0 Å². The third-order valence-corrected chi connectivity index (χ3v) is 3.79. The minimum Gasteiger partial charge on any atom is -0.394 e. The van der Waals surface area contributed by atoms with Crippen molar-refractivity contribution in [3.8, 4) is 0 Å². The van der Waals surface area contributed by atoms with Gasteiger partial charge in [0.2, 0.25) is 0 Å². The van der Waals surface area contributed by atoms with Crippen molar-refractivity contribution in [1.29, 1.82) is 0 Å². The minimum atomic E-state index is -0.140. The maximum Gasteiger partial charge on any atom is 0.0788 e. The van der Waals surface area contributed by atoms with Gasteiger partial charge >= 0.3 is 0 Å². The molecule has 0 aromatic carbocycles. The minimum absolute atomic E-state index is 0.00163. The molecule has 0 aromatic rings. The molecule has 0 saturated heterocycles. The number of hydrogen-bond acceptors (Lipinski definition) is 4. The molecule has 122 valence electrons. The summed E-state index contributed by atoms with van der Waals surface area (Å²) < 4.78 is 17.2. The van der Waals surface area contributed by atoms with Gasteiger partial charge in [-0.25, -0.2) is 0 Å². The van der Waals surface area contributed by atoms with Crippen LogP contribution < -0.4 is 0 Å². The van der Waals surface area contributed by atoms with E-state index in [4.69, 9.17) is 19.3 Å². The number of rotatable bonds is 11. The van der Waals surface area contributed by atoms with Crippen LogP contribution in [0.4, 0.5) is 0 Å². The zero-order valence-electron chi connectivity index (χ0n) is 14.3. The molecule has 0 aromatic heterocycles. The standard InChI is InChI=1S/C16H34O4/c1-8-12(2)16(6,7)20-15(5)11-19-14(4)10-18-13(3)9-17/h12-15,17H,8-11H2,1-7H3. The largest absolute Gasteiger partial charge is 0.394 e. The first-order valence-electron chi connectivity index (χ1n) is 7.74. The Morgan fingerprint density at radius 1 is 0.900 bits per heavy atom. The van der Waals surface area contributed by atoms with E-state index in [1.54, 1.807) is 0 Å². The summed E-state index contributed by atoms with van der Waals surface area (Å²) in [7, 11) is 0. The summed E-state index contributed by atoms with van der Waals surface area (Å²) >= 11 is 0. The molecule has 1 N–H and O–H groups in total. The highest BCUT2D eigenvalue weighted by Crippen LogP contribution is 2.25. The summed E-state index contributed by atoms with van der Waals surface area (Å²) in [4.78, 5) is 0.